The Morgan fingerprint density at radius 2 is 1.86 bits per heavy atom. The normalized spacial score (nSPS) is 12.2. The summed E-state index contributed by atoms with van der Waals surface area (Å²) < 4.78 is 0. The van der Waals surface area contributed by atoms with Crippen molar-refractivity contribution >= 4 is 23.9 Å². The summed E-state index contributed by atoms with van der Waals surface area (Å²) in [5, 5.41) is 9.02. The molecule has 0 fully saturated rings. The Hall–Kier alpha value is -2.44. The van der Waals surface area contributed by atoms with Gasteiger partial charge in [0.1, 0.15) is 6.04 Å². The van der Waals surface area contributed by atoms with Gasteiger partial charge in [0.2, 0.25) is 11.9 Å². The number of likely N-dealkylation sites (N-methyl/N-ethyl adjacent to an activating group) is 1. The van der Waals surface area contributed by atoms with Crippen LogP contribution in [0.4, 0.5) is 5.95 Å². The van der Waals surface area contributed by atoms with E-state index in [2.05, 4.69) is 9.97 Å². The molecular formula is C14H20N4O3. The monoisotopic (exact) mass is 292 g/mol. The van der Waals surface area contributed by atoms with Gasteiger partial charge in [0.05, 0.1) is 0 Å². The zero-order valence-corrected chi connectivity index (χ0v) is 12.6. The number of carboxylic acid groups (broad SMARTS) is 1. The Balaban J connectivity index is 2.75. The third kappa shape index (κ3) is 4.55. The third-order valence-electron chi connectivity index (χ3n) is 2.96. The van der Waals surface area contributed by atoms with Gasteiger partial charge in [-0.3, -0.25) is 4.79 Å². The quantitative estimate of drug-likeness (QED) is 0.783. The maximum Gasteiger partial charge on any atom is 0.326 e. The minimum Gasteiger partial charge on any atom is -0.480 e. The molecule has 0 saturated carbocycles. The van der Waals surface area contributed by atoms with Crippen LogP contribution in [-0.4, -0.2) is 59.0 Å². The first-order chi connectivity index (χ1) is 9.86. The average Bonchev–Trinajstić information content (AvgIpc) is 2.45. The molecule has 7 nitrogen and oxygen atoms in total. The average molecular weight is 292 g/mol. The van der Waals surface area contributed by atoms with Crippen molar-refractivity contribution in [2.75, 3.05) is 26.0 Å². The second-order valence-corrected chi connectivity index (χ2v) is 4.76. The van der Waals surface area contributed by atoms with Crippen LogP contribution in [0.15, 0.2) is 18.5 Å². The number of carbonyl (C=O) groups excluding carboxylic acids is 1. The van der Waals surface area contributed by atoms with Crippen molar-refractivity contribution in [2.45, 2.75) is 19.4 Å². The van der Waals surface area contributed by atoms with E-state index in [1.165, 1.54) is 18.0 Å². The number of carboxylic acids is 1. The van der Waals surface area contributed by atoms with E-state index < -0.39 is 12.0 Å². The molecule has 1 atom stereocenters. The Morgan fingerprint density at radius 3 is 2.29 bits per heavy atom. The van der Waals surface area contributed by atoms with Crippen LogP contribution in [0.2, 0.25) is 0 Å². The fourth-order valence-electron chi connectivity index (χ4n) is 1.70. The van der Waals surface area contributed by atoms with Crippen LogP contribution >= 0.6 is 0 Å². The fraction of sp³-hybridized carbons (Fsp3) is 0.429. The number of anilines is 1. The van der Waals surface area contributed by atoms with Gasteiger partial charge < -0.3 is 14.9 Å². The molecule has 1 aromatic heterocycles. The van der Waals surface area contributed by atoms with E-state index in [0.717, 1.165) is 0 Å². The highest BCUT2D eigenvalue weighted by atomic mass is 16.4. The van der Waals surface area contributed by atoms with Gasteiger partial charge in [0, 0.05) is 45.2 Å². The maximum absolute atomic E-state index is 11.9. The summed E-state index contributed by atoms with van der Waals surface area (Å²) in [6.07, 6.45) is 6.43. The topological polar surface area (TPSA) is 86.6 Å². The van der Waals surface area contributed by atoms with Crippen LogP contribution in [0.1, 0.15) is 18.9 Å². The molecule has 0 aliphatic carbocycles. The van der Waals surface area contributed by atoms with Crippen molar-refractivity contribution < 1.29 is 14.7 Å². The molecule has 0 bridgehead atoms. The second-order valence-electron chi connectivity index (χ2n) is 4.76. The van der Waals surface area contributed by atoms with Crippen LogP contribution < -0.4 is 4.90 Å². The first-order valence-electron chi connectivity index (χ1n) is 6.53. The number of carbonyl (C=O) groups is 2. The number of hydrogen-bond acceptors (Lipinski definition) is 5. The molecule has 7 heteroatoms. The summed E-state index contributed by atoms with van der Waals surface area (Å²) in [6.45, 7) is 1.72. The van der Waals surface area contributed by atoms with Crippen LogP contribution in [0.25, 0.3) is 6.08 Å². The van der Waals surface area contributed by atoms with Crippen molar-refractivity contribution in [3.63, 3.8) is 0 Å². The minimum atomic E-state index is -1.01. The molecule has 21 heavy (non-hydrogen) atoms. The SMILES string of the molecule is CCC(C(=O)O)N(C)C(=O)/C=C/c1cnc(N(C)C)nc1. The first kappa shape index (κ1) is 16.6. The number of amides is 1. The van der Waals surface area contributed by atoms with Crippen LogP contribution in [0, 0.1) is 0 Å². The van der Waals surface area contributed by atoms with Crippen LogP contribution in [-0.2, 0) is 9.59 Å². The van der Waals surface area contributed by atoms with E-state index in [4.69, 9.17) is 5.11 Å². The van der Waals surface area contributed by atoms with Crippen molar-refractivity contribution in [1.29, 1.82) is 0 Å². The minimum absolute atomic E-state index is 0.353. The van der Waals surface area contributed by atoms with Gasteiger partial charge in [-0.15, -0.1) is 0 Å². The second kappa shape index (κ2) is 7.37. The highest BCUT2D eigenvalue weighted by Crippen LogP contribution is 2.07. The highest BCUT2D eigenvalue weighted by Gasteiger charge is 2.22. The van der Waals surface area contributed by atoms with E-state index in [-0.39, 0.29) is 5.91 Å². The Morgan fingerprint density at radius 1 is 1.29 bits per heavy atom. The molecular weight excluding hydrogens is 272 g/mol. The Labute approximate surface area is 123 Å². The number of aliphatic carboxylic acids is 1. The molecule has 1 aromatic rings. The zero-order chi connectivity index (χ0) is 16.0. The van der Waals surface area contributed by atoms with Crippen molar-refractivity contribution in [3.05, 3.63) is 24.0 Å². The molecule has 1 amide bonds. The molecule has 0 saturated heterocycles. The van der Waals surface area contributed by atoms with Crippen molar-refractivity contribution in [1.82, 2.24) is 14.9 Å². The van der Waals surface area contributed by atoms with E-state index in [1.807, 2.05) is 14.1 Å². The van der Waals surface area contributed by atoms with Gasteiger partial charge in [-0.1, -0.05) is 6.92 Å². The summed E-state index contributed by atoms with van der Waals surface area (Å²) in [5.74, 6) is -0.811. The molecule has 0 spiro atoms. The van der Waals surface area contributed by atoms with Gasteiger partial charge in [-0.25, -0.2) is 14.8 Å². The van der Waals surface area contributed by atoms with Gasteiger partial charge in [0.15, 0.2) is 0 Å². The summed E-state index contributed by atoms with van der Waals surface area (Å²) in [4.78, 5) is 34.2. The predicted molar refractivity (Wildman–Crippen MR) is 79.9 cm³/mol. The Bertz CT molecular complexity index is 526. The smallest absolute Gasteiger partial charge is 0.326 e. The summed E-state index contributed by atoms with van der Waals surface area (Å²) >= 11 is 0. The highest BCUT2D eigenvalue weighted by molar-refractivity contribution is 5.94. The summed E-state index contributed by atoms with van der Waals surface area (Å²) in [6, 6.07) is -0.825. The van der Waals surface area contributed by atoms with E-state index in [9.17, 15) is 9.59 Å². The molecule has 1 heterocycles. The largest absolute Gasteiger partial charge is 0.480 e. The standard InChI is InChI=1S/C14H20N4O3/c1-5-11(13(20)21)18(4)12(19)7-6-10-8-15-14(16-9-10)17(2)3/h6-9,11H,5H2,1-4H3,(H,20,21)/b7-6+. The summed E-state index contributed by atoms with van der Waals surface area (Å²) in [7, 11) is 5.14. The molecule has 114 valence electrons. The van der Waals surface area contributed by atoms with E-state index in [1.54, 1.807) is 30.3 Å². The number of hydrogen-bond donors (Lipinski definition) is 1. The molecule has 1 unspecified atom stereocenters. The first-order valence-corrected chi connectivity index (χ1v) is 6.53. The van der Waals surface area contributed by atoms with Gasteiger partial charge in [0.25, 0.3) is 0 Å². The lowest BCUT2D eigenvalue weighted by molar-refractivity contribution is -0.147. The third-order valence-corrected chi connectivity index (χ3v) is 2.96. The number of nitrogens with zero attached hydrogens (tertiary/aromatic N) is 4. The zero-order valence-electron chi connectivity index (χ0n) is 12.6. The molecule has 1 rings (SSSR count). The fourth-order valence-corrected chi connectivity index (χ4v) is 1.70. The van der Waals surface area contributed by atoms with Gasteiger partial charge >= 0.3 is 5.97 Å². The molecule has 0 radical (unpaired) electrons. The predicted octanol–water partition coefficient (Wildman–Crippen LogP) is 0.877. The van der Waals surface area contributed by atoms with Crippen molar-refractivity contribution in [3.8, 4) is 0 Å². The van der Waals surface area contributed by atoms with E-state index in [0.29, 0.717) is 17.9 Å². The van der Waals surface area contributed by atoms with Crippen LogP contribution in [0.5, 0.6) is 0 Å². The molecule has 0 aliphatic rings. The Kier molecular flexibility index (Phi) is 5.83. The van der Waals surface area contributed by atoms with Gasteiger partial charge in [-0.2, -0.15) is 0 Å². The maximum atomic E-state index is 11.9. The molecule has 0 aliphatic heterocycles. The number of aromatic nitrogens is 2. The van der Waals surface area contributed by atoms with Gasteiger partial charge in [-0.05, 0) is 12.5 Å². The number of rotatable bonds is 6. The lowest BCUT2D eigenvalue weighted by Gasteiger charge is -2.22. The van der Waals surface area contributed by atoms with Crippen LogP contribution in [0.3, 0.4) is 0 Å². The van der Waals surface area contributed by atoms with Crippen molar-refractivity contribution in [2.24, 2.45) is 0 Å². The molecule has 1 N–H and O–H groups in total. The lowest BCUT2D eigenvalue weighted by Crippen LogP contribution is -2.41. The van der Waals surface area contributed by atoms with E-state index >= 15 is 0 Å². The summed E-state index contributed by atoms with van der Waals surface area (Å²) in [5.41, 5.74) is 0.672. The lowest BCUT2D eigenvalue weighted by atomic mass is 10.2. The molecule has 0 aromatic carbocycles.